The normalized spacial score (nSPS) is 10.8. The second-order valence-corrected chi connectivity index (χ2v) is 5.99. The SMILES string of the molecule is CCOc1ccc(OCc2ccc(C(=O)NCCCOC(C)C)o2)cc1. The molecule has 0 aliphatic heterocycles. The number of amides is 1. The van der Waals surface area contributed by atoms with Crippen LogP contribution in [0.3, 0.4) is 0 Å². The van der Waals surface area contributed by atoms with Crippen LogP contribution in [0.2, 0.25) is 0 Å². The molecule has 0 atom stereocenters. The van der Waals surface area contributed by atoms with E-state index in [9.17, 15) is 4.79 Å². The van der Waals surface area contributed by atoms with E-state index in [1.165, 1.54) is 0 Å². The van der Waals surface area contributed by atoms with Crippen molar-refractivity contribution in [1.82, 2.24) is 5.32 Å². The summed E-state index contributed by atoms with van der Waals surface area (Å²) in [4.78, 5) is 12.0. The minimum Gasteiger partial charge on any atom is -0.494 e. The summed E-state index contributed by atoms with van der Waals surface area (Å²) in [6, 6.07) is 10.8. The van der Waals surface area contributed by atoms with E-state index >= 15 is 0 Å². The topological polar surface area (TPSA) is 69.9 Å². The molecule has 2 aromatic rings. The van der Waals surface area contributed by atoms with Gasteiger partial charge in [-0.2, -0.15) is 0 Å². The van der Waals surface area contributed by atoms with Crippen LogP contribution in [0, 0.1) is 0 Å². The summed E-state index contributed by atoms with van der Waals surface area (Å²) in [5.74, 6) is 2.14. The fourth-order valence-corrected chi connectivity index (χ4v) is 2.21. The first-order valence-corrected chi connectivity index (χ1v) is 8.92. The van der Waals surface area contributed by atoms with Crippen LogP contribution in [-0.2, 0) is 11.3 Å². The van der Waals surface area contributed by atoms with E-state index in [-0.39, 0.29) is 24.4 Å². The van der Waals surface area contributed by atoms with Gasteiger partial charge >= 0.3 is 0 Å². The Balaban J connectivity index is 1.73. The highest BCUT2D eigenvalue weighted by atomic mass is 16.5. The van der Waals surface area contributed by atoms with Crippen molar-refractivity contribution in [3.8, 4) is 11.5 Å². The van der Waals surface area contributed by atoms with Gasteiger partial charge < -0.3 is 23.9 Å². The number of ether oxygens (including phenoxy) is 3. The maximum absolute atomic E-state index is 12.0. The van der Waals surface area contributed by atoms with Gasteiger partial charge in [0.15, 0.2) is 5.76 Å². The Bertz CT molecular complexity index is 663. The molecule has 0 fully saturated rings. The molecule has 1 N–H and O–H groups in total. The van der Waals surface area contributed by atoms with E-state index in [0.717, 1.165) is 12.2 Å². The van der Waals surface area contributed by atoms with Crippen LogP contribution < -0.4 is 14.8 Å². The molecule has 0 spiro atoms. The van der Waals surface area contributed by atoms with Gasteiger partial charge in [0.2, 0.25) is 0 Å². The van der Waals surface area contributed by atoms with Crippen molar-refractivity contribution in [1.29, 1.82) is 0 Å². The van der Waals surface area contributed by atoms with E-state index in [1.807, 2.05) is 45.0 Å². The van der Waals surface area contributed by atoms with Crippen LogP contribution in [0.5, 0.6) is 11.5 Å². The molecule has 142 valence electrons. The van der Waals surface area contributed by atoms with Crippen molar-refractivity contribution in [2.45, 2.75) is 39.9 Å². The van der Waals surface area contributed by atoms with Crippen LogP contribution in [0.15, 0.2) is 40.8 Å². The highest BCUT2D eigenvalue weighted by Gasteiger charge is 2.11. The Hall–Kier alpha value is -2.47. The minimum absolute atomic E-state index is 0.203. The van der Waals surface area contributed by atoms with Crippen molar-refractivity contribution in [2.75, 3.05) is 19.8 Å². The lowest BCUT2D eigenvalue weighted by Gasteiger charge is -2.07. The Morgan fingerprint density at radius 1 is 1.08 bits per heavy atom. The molecule has 6 nitrogen and oxygen atoms in total. The third-order valence-corrected chi connectivity index (χ3v) is 3.46. The zero-order valence-corrected chi connectivity index (χ0v) is 15.6. The molecule has 1 heterocycles. The molecule has 1 aromatic heterocycles. The number of hydrogen-bond donors (Lipinski definition) is 1. The number of hydrogen-bond acceptors (Lipinski definition) is 5. The predicted molar refractivity (Wildman–Crippen MR) is 98.7 cm³/mol. The Labute approximate surface area is 154 Å². The number of nitrogens with one attached hydrogen (secondary N) is 1. The highest BCUT2D eigenvalue weighted by Crippen LogP contribution is 2.19. The molecular weight excluding hydrogens is 334 g/mol. The number of furan rings is 1. The predicted octanol–water partition coefficient (Wildman–Crippen LogP) is 3.80. The summed E-state index contributed by atoms with van der Waals surface area (Å²) in [5.41, 5.74) is 0. The third kappa shape index (κ3) is 6.80. The van der Waals surface area contributed by atoms with Crippen molar-refractivity contribution in [2.24, 2.45) is 0 Å². The van der Waals surface area contributed by atoms with Crippen LogP contribution in [-0.4, -0.2) is 31.8 Å². The zero-order valence-electron chi connectivity index (χ0n) is 15.6. The fourth-order valence-electron chi connectivity index (χ4n) is 2.21. The van der Waals surface area contributed by atoms with Gasteiger partial charge in [-0.1, -0.05) is 0 Å². The summed E-state index contributed by atoms with van der Waals surface area (Å²) in [7, 11) is 0. The number of rotatable bonds is 11. The van der Waals surface area contributed by atoms with Crippen LogP contribution in [0.1, 0.15) is 43.5 Å². The monoisotopic (exact) mass is 361 g/mol. The first kappa shape index (κ1) is 19.8. The van der Waals surface area contributed by atoms with Gasteiger partial charge in [-0.15, -0.1) is 0 Å². The molecule has 2 rings (SSSR count). The lowest BCUT2D eigenvalue weighted by Crippen LogP contribution is -2.25. The summed E-state index contributed by atoms with van der Waals surface area (Å²) >= 11 is 0. The lowest BCUT2D eigenvalue weighted by atomic mass is 10.3. The van der Waals surface area contributed by atoms with E-state index in [1.54, 1.807) is 12.1 Å². The van der Waals surface area contributed by atoms with Gasteiger partial charge in [0.05, 0.1) is 12.7 Å². The van der Waals surface area contributed by atoms with Gasteiger partial charge in [-0.3, -0.25) is 4.79 Å². The quantitative estimate of drug-likeness (QED) is 0.617. The van der Waals surface area contributed by atoms with Crippen LogP contribution in [0.25, 0.3) is 0 Å². The first-order chi connectivity index (χ1) is 12.6. The number of carbonyl (C=O) groups excluding carboxylic acids is 1. The molecule has 0 saturated carbocycles. The zero-order chi connectivity index (χ0) is 18.8. The van der Waals surface area contributed by atoms with Crippen LogP contribution >= 0.6 is 0 Å². The molecule has 0 aliphatic carbocycles. The smallest absolute Gasteiger partial charge is 0.286 e. The van der Waals surface area contributed by atoms with Crippen LogP contribution in [0.4, 0.5) is 0 Å². The van der Waals surface area contributed by atoms with Gasteiger partial charge in [0.1, 0.15) is 23.9 Å². The molecule has 0 unspecified atom stereocenters. The minimum atomic E-state index is -0.234. The number of benzene rings is 1. The summed E-state index contributed by atoms with van der Waals surface area (Å²) in [6.45, 7) is 7.96. The molecule has 6 heteroatoms. The molecule has 26 heavy (non-hydrogen) atoms. The molecule has 0 radical (unpaired) electrons. The van der Waals surface area contributed by atoms with Crippen molar-refractivity contribution in [3.05, 3.63) is 47.9 Å². The summed E-state index contributed by atoms with van der Waals surface area (Å²) in [6.07, 6.45) is 0.965. The van der Waals surface area contributed by atoms with Gasteiger partial charge in [0.25, 0.3) is 5.91 Å². The van der Waals surface area contributed by atoms with E-state index in [2.05, 4.69) is 5.32 Å². The van der Waals surface area contributed by atoms with Gasteiger partial charge in [-0.25, -0.2) is 0 Å². The standard InChI is InChI=1S/C20H27NO5/c1-4-23-16-6-8-17(9-7-16)25-14-18-10-11-19(26-18)20(22)21-12-5-13-24-15(2)3/h6-11,15H,4-5,12-14H2,1-3H3,(H,21,22). The van der Waals surface area contributed by atoms with Gasteiger partial charge in [-0.05, 0) is 63.6 Å². The second kappa shape index (κ2) is 10.5. The Morgan fingerprint density at radius 3 is 2.42 bits per heavy atom. The third-order valence-electron chi connectivity index (χ3n) is 3.46. The molecule has 1 amide bonds. The molecule has 0 bridgehead atoms. The summed E-state index contributed by atoms with van der Waals surface area (Å²) < 4.78 is 22.0. The molecule has 1 aromatic carbocycles. The maximum atomic E-state index is 12.0. The average Bonchev–Trinajstić information content (AvgIpc) is 3.10. The largest absolute Gasteiger partial charge is 0.494 e. The van der Waals surface area contributed by atoms with Crippen molar-refractivity contribution >= 4 is 5.91 Å². The fraction of sp³-hybridized carbons (Fsp3) is 0.450. The van der Waals surface area contributed by atoms with E-state index < -0.39 is 0 Å². The van der Waals surface area contributed by atoms with Crippen molar-refractivity contribution in [3.63, 3.8) is 0 Å². The Kier molecular flexibility index (Phi) is 8.02. The highest BCUT2D eigenvalue weighted by molar-refractivity contribution is 5.91. The van der Waals surface area contributed by atoms with E-state index in [0.29, 0.717) is 31.3 Å². The second-order valence-electron chi connectivity index (χ2n) is 5.99. The molecule has 0 saturated heterocycles. The van der Waals surface area contributed by atoms with Crippen molar-refractivity contribution < 1.29 is 23.4 Å². The molecular formula is C20H27NO5. The Morgan fingerprint density at radius 2 is 1.77 bits per heavy atom. The summed E-state index contributed by atoms with van der Waals surface area (Å²) in [5, 5.41) is 2.81. The maximum Gasteiger partial charge on any atom is 0.286 e. The van der Waals surface area contributed by atoms with Gasteiger partial charge in [0, 0.05) is 13.2 Å². The lowest BCUT2D eigenvalue weighted by molar-refractivity contribution is 0.0753. The molecule has 0 aliphatic rings. The first-order valence-electron chi connectivity index (χ1n) is 8.92. The van der Waals surface area contributed by atoms with E-state index in [4.69, 9.17) is 18.6 Å². The average molecular weight is 361 g/mol. The number of carbonyl (C=O) groups is 1.